The number of carbonyl (C=O) groups excluding carboxylic acids is 1. The second kappa shape index (κ2) is 7.53. The molecule has 0 bridgehead atoms. The lowest BCUT2D eigenvalue weighted by molar-refractivity contribution is 0.203. The van der Waals surface area contributed by atoms with Gasteiger partial charge in [-0.05, 0) is 55.0 Å². The van der Waals surface area contributed by atoms with Crippen LogP contribution in [0.1, 0.15) is 5.69 Å². The second-order valence-electron chi connectivity index (χ2n) is 7.10. The number of fused-ring (bicyclic) bond motifs is 2. The molecule has 152 valence electrons. The molecule has 5 aromatic rings. The molecule has 0 aliphatic rings. The lowest BCUT2D eigenvalue weighted by Crippen LogP contribution is -2.21. The van der Waals surface area contributed by atoms with Gasteiger partial charge < -0.3 is 10.1 Å². The highest BCUT2D eigenvalue weighted by molar-refractivity contribution is 6.03. The van der Waals surface area contributed by atoms with E-state index < -0.39 is 6.09 Å². The molecular weight excluding hydrogens is 390 g/mol. The van der Waals surface area contributed by atoms with Crippen molar-refractivity contribution in [2.45, 2.75) is 6.92 Å². The Bertz CT molecular complexity index is 1440. The van der Waals surface area contributed by atoms with E-state index in [1.165, 1.54) is 7.05 Å². The van der Waals surface area contributed by atoms with E-state index in [4.69, 9.17) is 14.8 Å². The Labute approximate surface area is 178 Å². The lowest BCUT2D eigenvalue weighted by atomic mass is 9.98. The Morgan fingerprint density at radius 1 is 1.06 bits per heavy atom. The summed E-state index contributed by atoms with van der Waals surface area (Å²) >= 11 is 0. The van der Waals surface area contributed by atoms with Gasteiger partial charge in [0.15, 0.2) is 0 Å². The van der Waals surface area contributed by atoms with E-state index in [1.807, 2.05) is 66.2 Å². The van der Waals surface area contributed by atoms with E-state index in [-0.39, 0.29) is 0 Å². The Morgan fingerprint density at radius 2 is 1.97 bits per heavy atom. The summed E-state index contributed by atoms with van der Waals surface area (Å²) in [7, 11) is 1.52. The molecule has 4 heterocycles. The van der Waals surface area contributed by atoms with Crippen molar-refractivity contribution in [1.82, 2.24) is 24.9 Å². The molecule has 0 saturated heterocycles. The fraction of sp³-hybridized carbons (Fsp3) is 0.0833. The quantitative estimate of drug-likeness (QED) is 0.470. The maximum absolute atomic E-state index is 11.6. The number of nitrogens with zero attached hydrogens (tertiary/aromatic N) is 4. The number of amides is 1. The topological polar surface area (TPSA) is 81.4 Å². The summed E-state index contributed by atoms with van der Waals surface area (Å²) < 4.78 is 7.13. The van der Waals surface area contributed by atoms with Crippen LogP contribution >= 0.6 is 0 Å². The van der Waals surface area contributed by atoms with E-state index in [0.29, 0.717) is 5.75 Å². The number of hydrogen-bond donors (Lipinski definition) is 1. The first kappa shape index (κ1) is 18.7. The minimum absolute atomic E-state index is 0.428. The van der Waals surface area contributed by atoms with Crippen LogP contribution in [0.5, 0.6) is 5.75 Å². The summed E-state index contributed by atoms with van der Waals surface area (Å²) in [6, 6.07) is 19.3. The SMILES string of the molecule is CNC(=O)Oc1ccc2c(-c3c(-c4cccc(C)n4)nn4ccccc34)ccnc2c1. The molecule has 5 rings (SSSR count). The Morgan fingerprint density at radius 3 is 2.81 bits per heavy atom. The van der Waals surface area contributed by atoms with Gasteiger partial charge in [-0.25, -0.2) is 9.31 Å². The zero-order valence-electron chi connectivity index (χ0n) is 17.0. The van der Waals surface area contributed by atoms with E-state index in [9.17, 15) is 4.79 Å². The monoisotopic (exact) mass is 409 g/mol. The third kappa shape index (κ3) is 3.36. The number of aromatic nitrogens is 4. The summed E-state index contributed by atoms with van der Waals surface area (Å²) in [5.41, 5.74) is 6.19. The van der Waals surface area contributed by atoms with E-state index in [2.05, 4.69) is 10.3 Å². The van der Waals surface area contributed by atoms with Crippen molar-refractivity contribution >= 4 is 22.5 Å². The maximum Gasteiger partial charge on any atom is 0.412 e. The third-order valence-corrected chi connectivity index (χ3v) is 5.07. The van der Waals surface area contributed by atoms with Crippen molar-refractivity contribution < 1.29 is 9.53 Å². The van der Waals surface area contributed by atoms with Crippen LogP contribution in [0.4, 0.5) is 4.79 Å². The summed E-state index contributed by atoms with van der Waals surface area (Å²) in [6.45, 7) is 1.97. The minimum atomic E-state index is -0.522. The summed E-state index contributed by atoms with van der Waals surface area (Å²) in [6.07, 6.45) is 3.16. The normalized spacial score (nSPS) is 11.0. The fourth-order valence-electron chi connectivity index (χ4n) is 3.69. The number of carbonyl (C=O) groups is 1. The van der Waals surface area contributed by atoms with Gasteiger partial charge in [-0.3, -0.25) is 9.97 Å². The molecule has 0 aliphatic heterocycles. The predicted molar refractivity (Wildman–Crippen MR) is 119 cm³/mol. The Balaban J connectivity index is 1.76. The van der Waals surface area contributed by atoms with Gasteiger partial charge in [0, 0.05) is 42.2 Å². The Hall–Kier alpha value is -4.26. The first-order chi connectivity index (χ1) is 15.1. The highest BCUT2D eigenvalue weighted by Crippen LogP contribution is 2.38. The highest BCUT2D eigenvalue weighted by atomic mass is 16.5. The van der Waals surface area contributed by atoms with Crippen molar-refractivity contribution in [2.24, 2.45) is 0 Å². The zero-order valence-corrected chi connectivity index (χ0v) is 17.0. The number of hydrogen-bond acceptors (Lipinski definition) is 5. The van der Waals surface area contributed by atoms with Crippen molar-refractivity contribution in [2.75, 3.05) is 7.05 Å². The standard InChI is InChI=1S/C24H19N5O2/c1-15-6-5-7-19(27-15)23-22(21-8-3-4-13-29(21)28-23)18-11-12-26-20-14-16(9-10-17(18)20)31-24(30)25-2/h3-14H,1-2H3,(H,25,30). The van der Waals surface area contributed by atoms with Gasteiger partial charge in [-0.15, -0.1) is 0 Å². The van der Waals surface area contributed by atoms with Crippen LogP contribution in [-0.2, 0) is 0 Å². The number of nitrogens with one attached hydrogen (secondary N) is 1. The molecule has 0 unspecified atom stereocenters. The zero-order chi connectivity index (χ0) is 21.4. The highest BCUT2D eigenvalue weighted by Gasteiger charge is 2.19. The number of benzene rings is 1. The van der Waals surface area contributed by atoms with E-state index in [0.717, 1.165) is 44.6 Å². The average molecular weight is 409 g/mol. The van der Waals surface area contributed by atoms with E-state index in [1.54, 1.807) is 18.3 Å². The average Bonchev–Trinajstić information content (AvgIpc) is 3.18. The molecule has 7 heteroatoms. The van der Waals surface area contributed by atoms with Gasteiger partial charge in [0.05, 0.1) is 16.7 Å². The van der Waals surface area contributed by atoms with Crippen LogP contribution in [0.3, 0.4) is 0 Å². The van der Waals surface area contributed by atoms with Crippen LogP contribution < -0.4 is 10.1 Å². The molecule has 0 atom stereocenters. The summed E-state index contributed by atoms with van der Waals surface area (Å²) in [4.78, 5) is 20.8. The van der Waals surface area contributed by atoms with Crippen LogP contribution in [0.2, 0.25) is 0 Å². The largest absolute Gasteiger partial charge is 0.412 e. The first-order valence-electron chi connectivity index (χ1n) is 9.84. The second-order valence-corrected chi connectivity index (χ2v) is 7.10. The molecule has 4 aromatic heterocycles. The molecule has 1 amide bonds. The van der Waals surface area contributed by atoms with Crippen molar-refractivity contribution in [3.8, 4) is 28.3 Å². The van der Waals surface area contributed by atoms with Gasteiger partial charge in [0.1, 0.15) is 11.4 Å². The van der Waals surface area contributed by atoms with Gasteiger partial charge in [0.25, 0.3) is 0 Å². The first-order valence-corrected chi connectivity index (χ1v) is 9.84. The maximum atomic E-state index is 11.6. The molecular formula is C24H19N5O2. The molecule has 0 fully saturated rings. The number of aryl methyl sites for hydroxylation is 1. The van der Waals surface area contributed by atoms with E-state index >= 15 is 0 Å². The predicted octanol–water partition coefficient (Wildman–Crippen LogP) is 4.64. The Kier molecular flexibility index (Phi) is 4.55. The van der Waals surface area contributed by atoms with Crippen molar-refractivity contribution in [3.05, 3.63) is 78.8 Å². The molecule has 31 heavy (non-hydrogen) atoms. The van der Waals surface area contributed by atoms with Gasteiger partial charge >= 0.3 is 6.09 Å². The molecule has 7 nitrogen and oxygen atoms in total. The molecule has 1 N–H and O–H groups in total. The van der Waals surface area contributed by atoms with Crippen molar-refractivity contribution in [1.29, 1.82) is 0 Å². The van der Waals surface area contributed by atoms with Crippen LogP contribution in [0.15, 0.2) is 73.1 Å². The van der Waals surface area contributed by atoms with Crippen molar-refractivity contribution in [3.63, 3.8) is 0 Å². The van der Waals surface area contributed by atoms with Gasteiger partial charge in [-0.1, -0.05) is 12.1 Å². The molecule has 0 aliphatic carbocycles. The molecule has 0 saturated carbocycles. The summed E-state index contributed by atoms with van der Waals surface area (Å²) in [5, 5.41) is 8.21. The molecule has 1 aromatic carbocycles. The summed E-state index contributed by atoms with van der Waals surface area (Å²) in [5.74, 6) is 0.428. The number of rotatable bonds is 3. The number of pyridine rings is 3. The van der Waals surface area contributed by atoms with Crippen LogP contribution in [0.25, 0.3) is 38.9 Å². The van der Waals surface area contributed by atoms with Gasteiger partial charge in [0.2, 0.25) is 0 Å². The molecule has 0 spiro atoms. The fourth-order valence-corrected chi connectivity index (χ4v) is 3.69. The minimum Gasteiger partial charge on any atom is -0.410 e. The smallest absolute Gasteiger partial charge is 0.410 e. The number of ether oxygens (including phenoxy) is 1. The van der Waals surface area contributed by atoms with Crippen LogP contribution in [0, 0.1) is 6.92 Å². The third-order valence-electron chi connectivity index (χ3n) is 5.07. The molecule has 0 radical (unpaired) electrons. The lowest BCUT2D eigenvalue weighted by Gasteiger charge is -2.09. The van der Waals surface area contributed by atoms with Crippen LogP contribution in [-0.4, -0.2) is 32.7 Å². The van der Waals surface area contributed by atoms with Gasteiger partial charge in [-0.2, -0.15) is 5.10 Å².